The fourth-order valence-electron chi connectivity index (χ4n) is 2.72. The molecule has 3 rings (SSSR count). The summed E-state index contributed by atoms with van der Waals surface area (Å²) in [4.78, 5) is 2.21. The van der Waals surface area contributed by atoms with Gasteiger partial charge in [0.25, 0.3) is 0 Å². The zero-order valence-corrected chi connectivity index (χ0v) is 14.2. The molecule has 22 heavy (non-hydrogen) atoms. The van der Waals surface area contributed by atoms with Gasteiger partial charge in [-0.1, -0.05) is 33.2 Å². The lowest BCUT2D eigenvalue weighted by molar-refractivity contribution is 0.391. The van der Waals surface area contributed by atoms with Crippen molar-refractivity contribution in [3.63, 3.8) is 0 Å². The number of nitrogens with zero attached hydrogens (tertiary/aromatic N) is 2. The van der Waals surface area contributed by atoms with Gasteiger partial charge in [-0.2, -0.15) is 0 Å². The molecule has 0 bridgehead atoms. The molecule has 0 aliphatic carbocycles. The molecule has 1 aromatic carbocycles. The molecule has 0 spiro atoms. The predicted octanol–water partition coefficient (Wildman–Crippen LogP) is 3.75. The van der Waals surface area contributed by atoms with E-state index in [1.54, 1.807) is 0 Å². The Morgan fingerprint density at radius 1 is 1.27 bits per heavy atom. The standard InChI is InChI=1S/C17H18BrN3O/c1-11-17(12(2)22-20-11)14-7-16(19)10-21(9-14)8-13-3-5-15(18)6-4-13/h3-7,9H,8,10,19H2,1-2H3. The van der Waals surface area contributed by atoms with E-state index in [9.17, 15) is 0 Å². The molecule has 5 heteroatoms. The fourth-order valence-corrected chi connectivity index (χ4v) is 2.98. The van der Waals surface area contributed by atoms with E-state index in [1.807, 2.05) is 19.9 Å². The van der Waals surface area contributed by atoms with Crippen LogP contribution in [0.1, 0.15) is 22.6 Å². The van der Waals surface area contributed by atoms with E-state index in [1.165, 1.54) is 5.56 Å². The Bertz CT molecular complexity index is 724. The van der Waals surface area contributed by atoms with E-state index < -0.39 is 0 Å². The van der Waals surface area contributed by atoms with Gasteiger partial charge in [-0.3, -0.25) is 0 Å². The maximum atomic E-state index is 6.12. The Morgan fingerprint density at radius 2 is 2.00 bits per heavy atom. The normalized spacial score (nSPS) is 14.8. The molecule has 0 unspecified atom stereocenters. The Labute approximate surface area is 138 Å². The van der Waals surface area contributed by atoms with Crippen LogP contribution in [-0.2, 0) is 6.54 Å². The van der Waals surface area contributed by atoms with E-state index in [-0.39, 0.29) is 0 Å². The largest absolute Gasteiger partial charge is 0.401 e. The van der Waals surface area contributed by atoms with Crippen LogP contribution in [0.2, 0.25) is 0 Å². The first-order valence-electron chi connectivity index (χ1n) is 7.12. The van der Waals surface area contributed by atoms with Gasteiger partial charge in [-0.25, -0.2) is 0 Å². The van der Waals surface area contributed by atoms with Crippen molar-refractivity contribution < 1.29 is 4.52 Å². The molecule has 4 nitrogen and oxygen atoms in total. The Morgan fingerprint density at radius 3 is 2.64 bits per heavy atom. The molecule has 114 valence electrons. The van der Waals surface area contributed by atoms with Gasteiger partial charge in [0.15, 0.2) is 0 Å². The minimum Gasteiger partial charge on any atom is -0.401 e. The van der Waals surface area contributed by atoms with Crippen molar-refractivity contribution in [2.45, 2.75) is 20.4 Å². The smallest absolute Gasteiger partial charge is 0.141 e. The number of halogens is 1. The third-order valence-corrected chi connectivity index (χ3v) is 4.20. The van der Waals surface area contributed by atoms with Gasteiger partial charge in [-0.05, 0) is 37.6 Å². The second kappa shape index (κ2) is 6.01. The number of hydrogen-bond donors (Lipinski definition) is 1. The van der Waals surface area contributed by atoms with Crippen molar-refractivity contribution in [1.82, 2.24) is 10.1 Å². The first kappa shape index (κ1) is 14.9. The molecular weight excluding hydrogens is 342 g/mol. The fraction of sp³-hybridized carbons (Fsp3) is 0.235. The summed E-state index contributed by atoms with van der Waals surface area (Å²) in [7, 11) is 0. The summed E-state index contributed by atoms with van der Waals surface area (Å²) in [5.74, 6) is 0.818. The highest BCUT2D eigenvalue weighted by molar-refractivity contribution is 9.10. The minimum atomic E-state index is 0.725. The van der Waals surface area contributed by atoms with Crippen LogP contribution in [0.3, 0.4) is 0 Å². The molecule has 0 atom stereocenters. The summed E-state index contributed by atoms with van der Waals surface area (Å²) >= 11 is 3.46. The van der Waals surface area contributed by atoms with E-state index in [0.717, 1.165) is 45.9 Å². The molecule has 0 radical (unpaired) electrons. The number of rotatable bonds is 3. The zero-order chi connectivity index (χ0) is 15.7. The average Bonchev–Trinajstić information content (AvgIpc) is 2.80. The lowest BCUT2D eigenvalue weighted by Crippen LogP contribution is -2.26. The van der Waals surface area contributed by atoms with Crippen molar-refractivity contribution in [3.8, 4) is 0 Å². The van der Waals surface area contributed by atoms with Gasteiger partial charge in [0, 0.05) is 34.1 Å². The van der Waals surface area contributed by atoms with Gasteiger partial charge in [0.2, 0.25) is 0 Å². The summed E-state index contributed by atoms with van der Waals surface area (Å²) in [6.45, 7) is 5.41. The highest BCUT2D eigenvalue weighted by Gasteiger charge is 2.18. The summed E-state index contributed by atoms with van der Waals surface area (Å²) in [5, 5.41) is 4.03. The number of allylic oxidation sites excluding steroid dienone is 2. The van der Waals surface area contributed by atoms with Crippen LogP contribution in [0.5, 0.6) is 0 Å². The Kier molecular flexibility index (Phi) is 4.07. The van der Waals surface area contributed by atoms with E-state index in [2.05, 4.69) is 56.5 Å². The van der Waals surface area contributed by atoms with Crippen LogP contribution in [0.25, 0.3) is 5.57 Å². The third kappa shape index (κ3) is 3.09. The van der Waals surface area contributed by atoms with E-state index in [0.29, 0.717) is 0 Å². The first-order valence-corrected chi connectivity index (χ1v) is 7.92. The molecular formula is C17H18BrN3O. The lowest BCUT2D eigenvalue weighted by atomic mass is 10.0. The Balaban J connectivity index is 1.88. The Hall–Kier alpha value is -2.01. The highest BCUT2D eigenvalue weighted by atomic mass is 79.9. The molecule has 1 aliphatic heterocycles. The summed E-state index contributed by atoms with van der Waals surface area (Å²) in [6, 6.07) is 8.33. The van der Waals surface area contributed by atoms with Crippen LogP contribution in [0.15, 0.2) is 51.2 Å². The number of nitrogens with two attached hydrogens (primary N) is 1. The van der Waals surface area contributed by atoms with Crippen molar-refractivity contribution in [3.05, 3.63) is 69.3 Å². The van der Waals surface area contributed by atoms with Crippen molar-refractivity contribution in [1.29, 1.82) is 0 Å². The number of aromatic nitrogens is 1. The quantitative estimate of drug-likeness (QED) is 0.906. The lowest BCUT2D eigenvalue weighted by Gasteiger charge is -2.26. The molecule has 1 aliphatic rings. The summed E-state index contributed by atoms with van der Waals surface area (Å²) < 4.78 is 6.35. The average molecular weight is 360 g/mol. The second-order valence-electron chi connectivity index (χ2n) is 5.53. The van der Waals surface area contributed by atoms with Crippen LogP contribution in [-0.4, -0.2) is 16.6 Å². The van der Waals surface area contributed by atoms with Gasteiger partial charge in [0.1, 0.15) is 5.76 Å². The van der Waals surface area contributed by atoms with Gasteiger partial charge in [-0.15, -0.1) is 0 Å². The number of hydrogen-bond acceptors (Lipinski definition) is 4. The summed E-state index contributed by atoms with van der Waals surface area (Å²) in [6.07, 6.45) is 4.13. The molecule has 2 N–H and O–H groups in total. The second-order valence-corrected chi connectivity index (χ2v) is 6.45. The molecule has 2 heterocycles. The topological polar surface area (TPSA) is 55.3 Å². The maximum Gasteiger partial charge on any atom is 0.141 e. The molecule has 0 saturated carbocycles. The van der Waals surface area contributed by atoms with Crippen LogP contribution >= 0.6 is 15.9 Å². The molecule has 2 aromatic rings. The molecule has 0 fully saturated rings. The van der Waals surface area contributed by atoms with Gasteiger partial charge < -0.3 is 15.2 Å². The number of benzene rings is 1. The first-order chi connectivity index (χ1) is 10.5. The van der Waals surface area contributed by atoms with Crippen LogP contribution < -0.4 is 5.73 Å². The van der Waals surface area contributed by atoms with Crippen LogP contribution in [0.4, 0.5) is 0 Å². The summed E-state index contributed by atoms with van der Waals surface area (Å²) in [5.41, 5.74) is 11.2. The maximum absolute atomic E-state index is 6.12. The van der Waals surface area contributed by atoms with Crippen molar-refractivity contribution in [2.75, 3.05) is 6.54 Å². The third-order valence-electron chi connectivity index (χ3n) is 3.67. The SMILES string of the molecule is Cc1noc(C)c1C1=CN(Cc2ccc(Br)cc2)CC(N)=C1. The zero-order valence-electron chi connectivity index (χ0n) is 12.6. The monoisotopic (exact) mass is 359 g/mol. The van der Waals surface area contributed by atoms with Crippen molar-refractivity contribution in [2.24, 2.45) is 5.73 Å². The van der Waals surface area contributed by atoms with Gasteiger partial charge in [0.05, 0.1) is 12.2 Å². The van der Waals surface area contributed by atoms with E-state index in [4.69, 9.17) is 10.3 Å². The minimum absolute atomic E-state index is 0.725. The van der Waals surface area contributed by atoms with Crippen molar-refractivity contribution >= 4 is 21.5 Å². The molecule has 1 aromatic heterocycles. The highest BCUT2D eigenvalue weighted by Crippen LogP contribution is 2.28. The van der Waals surface area contributed by atoms with E-state index >= 15 is 0 Å². The van der Waals surface area contributed by atoms with Crippen LogP contribution in [0, 0.1) is 13.8 Å². The predicted molar refractivity (Wildman–Crippen MR) is 90.8 cm³/mol. The van der Waals surface area contributed by atoms with Gasteiger partial charge >= 0.3 is 0 Å². The molecule has 0 amide bonds. The molecule has 0 saturated heterocycles. The number of aryl methyl sites for hydroxylation is 2.